The van der Waals surface area contributed by atoms with Crippen molar-refractivity contribution in [3.8, 4) is 6.01 Å². The second-order valence-corrected chi connectivity index (χ2v) is 9.53. The van der Waals surface area contributed by atoms with Crippen LogP contribution in [0.25, 0.3) is 0 Å². The van der Waals surface area contributed by atoms with E-state index in [0.29, 0.717) is 18.6 Å². The van der Waals surface area contributed by atoms with Crippen molar-refractivity contribution in [1.29, 1.82) is 0 Å². The minimum Gasteiger partial charge on any atom is -0.478 e. The fraction of sp³-hybridized carbons (Fsp3) is 0.474. The van der Waals surface area contributed by atoms with Crippen molar-refractivity contribution < 1.29 is 50.5 Å². The Morgan fingerprint density at radius 2 is 2.08 bits per heavy atom. The molecule has 0 amide bonds. The summed E-state index contributed by atoms with van der Waals surface area (Å²) in [6, 6.07) is 1.23. The molecule has 1 unspecified atom stereocenters. The van der Waals surface area contributed by atoms with Crippen molar-refractivity contribution in [3.05, 3.63) is 24.4 Å². The number of halogens is 3. The van der Waals surface area contributed by atoms with E-state index >= 15 is 0 Å². The molecule has 1 aliphatic rings. The molecular weight excluding hydrogens is 541 g/mol. The molecule has 1 aromatic rings. The Morgan fingerprint density at radius 1 is 1.37 bits per heavy atom. The summed E-state index contributed by atoms with van der Waals surface area (Å²) in [6.45, 7) is -0.797. The molecule has 19 heteroatoms. The van der Waals surface area contributed by atoms with Gasteiger partial charge in [0.15, 0.2) is 5.96 Å². The normalized spacial score (nSPS) is 19.7. The number of nitrogens with zero attached hydrogens (tertiary/aromatic N) is 6. The van der Waals surface area contributed by atoms with Crippen LogP contribution >= 0.6 is 0 Å². The number of quaternary nitrogens is 1. The lowest BCUT2D eigenvalue weighted by molar-refractivity contribution is -0.996. The number of sulfonamides is 1. The van der Waals surface area contributed by atoms with Gasteiger partial charge in [0.2, 0.25) is 0 Å². The van der Waals surface area contributed by atoms with Crippen LogP contribution in [0.15, 0.2) is 33.8 Å². The number of carbonyl (C=O) groups is 2. The summed E-state index contributed by atoms with van der Waals surface area (Å²) in [6.07, 6.45) is -0.763. The molecule has 0 aromatic carbocycles. The Labute approximate surface area is 215 Å². The first kappa shape index (κ1) is 30.2. The van der Waals surface area contributed by atoms with E-state index in [1.54, 1.807) is 4.90 Å². The van der Waals surface area contributed by atoms with E-state index < -0.39 is 45.3 Å². The van der Waals surface area contributed by atoms with Crippen LogP contribution in [0.3, 0.4) is 0 Å². The van der Waals surface area contributed by atoms with E-state index in [4.69, 9.17) is 20.4 Å². The Hall–Kier alpha value is -4.00. The van der Waals surface area contributed by atoms with E-state index in [1.807, 2.05) is 0 Å². The highest BCUT2D eigenvalue weighted by Gasteiger charge is 2.46. The van der Waals surface area contributed by atoms with Gasteiger partial charge in [-0.3, -0.25) is 4.84 Å². The zero-order chi connectivity index (χ0) is 28.6. The van der Waals surface area contributed by atoms with Gasteiger partial charge in [0.1, 0.15) is 26.0 Å². The molecule has 0 saturated carbocycles. The highest BCUT2D eigenvalue weighted by molar-refractivity contribution is 7.89. The summed E-state index contributed by atoms with van der Waals surface area (Å²) in [5.41, 5.74) is 5.41. The van der Waals surface area contributed by atoms with Crippen molar-refractivity contribution in [1.82, 2.24) is 14.9 Å². The highest BCUT2D eigenvalue weighted by Crippen LogP contribution is 2.20. The number of nitrogens with two attached hydrogens (primary N) is 1. The maximum Gasteiger partial charge on any atom is 0.408 e. The second kappa shape index (κ2) is 12.5. The minimum absolute atomic E-state index is 0.0485. The van der Waals surface area contributed by atoms with Crippen LogP contribution in [0.5, 0.6) is 6.01 Å². The molecule has 1 saturated heterocycles. The smallest absolute Gasteiger partial charge is 0.408 e. The number of rotatable bonds is 11. The molecule has 0 radical (unpaired) electrons. The Morgan fingerprint density at radius 3 is 2.71 bits per heavy atom. The summed E-state index contributed by atoms with van der Waals surface area (Å²) in [5, 5.41) is 11.0. The predicted molar refractivity (Wildman–Crippen MR) is 126 cm³/mol. The lowest BCUT2D eigenvalue weighted by Crippen LogP contribution is -2.50. The van der Waals surface area contributed by atoms with Gasteiger partial charge in [0, 0.05) is 24.9 Å². The van der Waals surface area contributed by atoms with E-state index in [0.717, 1.165) is 6.26 Å². The molecule has 15 nitrogen and oxygen atoms in total. The van der Waals surface area contributed by atoms with Gasteiger partial charge < -0.3 is 25.8 Å². The molecule has 4 N–H and O–H groups in total. The Balaban J connectivity index is 1.99. The van der Waals surface area contributed by atoms with Crippen LogP contribution in [-0.2, 0) is 24.4 Å². The van der Waals surface area contributed by atoms with E-state index in [2.05, 4.69) is 24.7 Å². The van der Waals surface area contributed by atoms with Gasteiger partial charge in [-0.2, -0.15) is 18.2 Å². The molecule has 1 atom stereocenters. The first-order valence-corrected chi connectivity index (χ1v) is 12.6. The summed E-state index contributed by atoms with van der Waals surface area (Å²) < 4.78 is 69.0. The maximum atomic E-state index is 12.2. The number of carboxylic acid groups (broad SMARTS) is 1. The first-order chi connectivity index (χ1) is 17.6. The molecule has 38 heavy (non-hydrogen) atoms. The van der Waals surface area contributed by atoms with Gasteiger partial charge in [-0.05, 0) is 12.5 Å². The van der Waals surface area contributed by atoms with Gasteiger partial charge >= 0.3 is 30.1 Å². The number of guanidine groups is 2. The number of carboxylic acids is 1. The van der Waals surface area contributed by atoms with Crippen LogP contribution in [0.1, 0.15) is 6.42 Å². The van der Waals surface area contributed by atoms with Crippen molar-refractivity contribution >= 4 is 39.7 Å². The zero-order valence-electron chi connectivity index (χ0n) is 20.3. The number of aliphatic carboxylic acids is 1. The number of hydrogen-bond acceptors (Lipinski definition) is 9. The molecule has 2 heterocycles. The Kier molecular flexibility index (Phi) is 9.94. The first-order valence-electron chi connectivity index (χ1n) is 10.7. The lowest BCUT2D eigenvalue weighted by atomic mass is 10.4. The number of alkyl halides is 3. The number of nitrogens with one attached hydrogen (secondary N) is 1. The summed E-state index contributed by atoms with van der Waals surface area (Å²) in [5.74, 6) is -2.90. The quantitative estimate of drug-likeness (QED) is 0.104. The fourth-order valence-electron chi connectivity index (χ4n) is 3.01. The lowest BCUT2D eigenvalue weighted by Gasteiger charge is -2.25. The van der Waals surface area contributed by atoms with Crippen molar-refractivity contribution in [3.63, 3.8) is 0 Å². The number of anilines is 1. The summed E-state index contributed by atoms with van der Waals surface area (Å²) in [7, 11) is -2.48. The Bertz CT molecular complexity index is 1220. The van der Waals surface area contributed by atoms with E-state index in [-0.39, 0.29) is 44.0 Å². The maximum absolute atomic E-state index is 12.2. The van der Waals surface area contributed by atoms with E-state index in [1.165, 1.54) is 19.3 Å². The fourth-order valence-corrected chi connectivity index (χ4v) is 3.60. The number of hydrogen-bond donors (Lipinski definition) is 3. The van der Waals surface area contributed by atoms with Gasteiger partial charge in [0.25, 0.3) is 10.0 Å². The molecule has 210 valence electrons. The third-order valence-electron chi connectivity index (χ3n) is 4.53. The molecular formula is C19H26F3N8O7S+. The van der Waals surface area contributed by atoms with Crippen molar-refractivity contribution in [2.75, 3.05) is 51.4 Å². The van der Waals surface area contributed by atoms with Gasteiger partial charge in [-0.15, -0.1) is 0 Å². The van der Waals surface area contributed by atoms with Gasteiger partial charge in [-0.25, -0.2) is 28.0 Å². The summed E-state index contributed by atoms with van der Waals surface area (Å²) in [4.78, 5) is 40.5. The summed E-state index contributed by atoms with van der Waals surface area (Å²) >= 11 is 0. The average Bonchev–Trinajstić information content (AvgIpc) is 3.07. The molecule has 0 spiro atoms. The zero-order valence-corrected chi connectivity index (χ0v) is 21.1. The monoisotopic (exact) mass is 567 g/mol. The average molecular weight is 568 g/mol. The van der Waals surface area contributed by atoms with Crippen molar-refractivity contribution in [2.24, 2.45) is 15.1 Å². The van der Waals surface area contributed by atoms with E-state index in [9.17, 15) is 31.2 Å². The number of aromatic nitrogens is 2. The topological polar surface area (TPSA) is 199 Å². The number of likely N-dealkylation sites (N-methyl/N-ethyl adjacent to an activating group) is 1. The number of carbonyl (C=O) groups excluding carboxylic acids is 1. The van der Waals surface area contributed by atoms with Gasteiger partial charge in [-0.1, -0.05) is 9.04 Å². The molecule has 0 aliphatic carbocycles. The molecule has 1 aromatic heterocycles. The SMILES string of the molecule is C[N+]1(OC(=O)/C=C\C(=O)O)CCN(CCCOc2nccc(NC(N)=NCC(F)(F)F)n2)C1=NS(C)(=O)=O. The van der Waals surface area contributed by atoms with Gasteiger partial charge in [0.05, 0.1) is 19.4 Å². The van der Waals surface area contributed by atoms with Crippen LogP contribution in [0.4, 0.5) is 19.0 Å². The highest BCUT2D eigenvalue weighted by atomic mass is 32.2. The van der Waals surface area contributed by atoms with Crippen LogP contribution < -0.4 is 15.8 Å². The molecule has 0 bridgehead atoms. The van der Waals surface area contributed by atoms with Crippen LogP contribution in [0.2, 0.25) is 0 Å². The largest absolute Gasteiger partial charge is 0.478 e. The molecule has 2 rings (SSSR count). The van der Waals surface area contributed by atoms with Crippen molar-refractivity contribution in [2.45, 2.75) is 12.6 Å². The number of hydroxylamine groups is 3. The van der Waals surface area contributed by atoms with Crippen LogP contribution in [-0.4, -0.2) is 109 Å². The standard InChI is InChI=1S/C19H25F3N8O7S/c1-30(37-15(33)5-4-14(31)32)10-9-29(18(30)28-38(2,34)35)8-3-11-36-17-24-7-6-13(27-17)26-16(23)25-12-19(20,21)22/h4-7H,3,8-12H2,1-2H3,(H3-,23,24,25,26,27,31,32)/p+1/b5-4-,28-18?. The second-order valence-electron chi connectivity index (χ2n) is 7.89. The number of ether oxygens (including phenoxy) is 1. The van der Waals surface area contributed by atoms with Crippen LogP contribution in [0, 0.1) is 0 Å². The number of aliphatic imine (C=N–C) groups is 1. The molecule has 1 fully saturated rings. The minimum atomic E-state index is -4.51. The predicted octanol–water partition coefficient (Wildman–Crippen LogP) is -0.289. The molecule has 1 aliphatic heterocycles. The third-order valence-corrected chi connectivity index (χ3v) is 5.02. The third kappa shape index (κ3) is 10.5.